The highest BCUT2D eigenvalue weighted by Crippen LogP contribution is 2.37. The second-order valence-electron chi connectivity index (χ2n) is 7.11. The molecule has 30 heavy (non-hydrogen) atoms. The molecule has 3 heterocycles. The van der Waals surface area contributed by atoms with Crippen LogP contribution in [0.3, 0.4) is 0 Å². The zero-order chi connectivity index (χ0) is 20.9. The van der Waals surface area contributed by atoms with Crippen LogP contribution in [0.15, 0.2) is 47.2 Å². The topological polar surface area (TPSA) is 90.6 Å². The van der Waals surface area contributed by atoms with Gasteiger partial charge in [0.05, 0.1) is 20.3 Å². The van der Waals surface area contributed by atoms with Gasteiger partial charge in [-0.1, -0.05) is 11.2 Å². The molecule has 1 saturated heterocycles. The van der Waals surface area contributed by atoms with Crippen LogP contribution in [-0.4, -0.2) is 46.7 Å². The molecule has 3 aromatic rings. The molecule has 1 fully saturated rings. The number of benzene rings is 1. The molecule has 2 aromatic heterocycles. The van der Waals surface area contributed by atoms with E-state index in [-0.39, 0.29) is 11.9 Å². The maximum absolute atomic E-state index is 12.9. The minimum Gasteiger partial charge on any atom is -0.493 e. The average Bonchev–Trinajstić information content (AvgIpc) is 3.47. The first kappa shape index (κ1) is 19.9. The molecular formula is C22H24N4O4. The van der Waals surface area contributed by atoms with Crippen LogP contribution in [0.5, 0.6) is 11.5 Å². The van der Waals surface area contributed by atoms with E-state index in [1.165, 1.54) is 0 Å². The van der Waals surface area contributed by atoms with Crippen LogP contribution in [0.25, 0.3) is 11.4 Å². The van der Waals surface area contributed by atoms with E-state index in [1.807, 2.05) is 35.2 Å². The first-order chi connectivity index (χ1) is 14.7. The summed E-state index contributed by atoms with van der Waals surface area (Å²) in [4.78, 5) is 23.3. The third-order valence-corrected chi connectivity index (χ3v) is 5.31. The molecule has 1 aliphatic heterocycles. The van der Waals surface area contributed by atoms with Gasteiger partial charge in [-0.25, -0.2) is 0 Å². The highest BCUT2D eigenvalue weighted by atomic mass is 16.5. The lowest BCUT2D eigenvalue weighted by Gasteiger charge is -2.25. The van der Waals surface area contributed by atoms with Crippen LogP contribution in [0, 0.1) is 0 Å². The number of nitrogens with zero attached hydrogens (tertiary/aromatic N) is 4. The summed E-state index contributed by atoms with van der Waals surface area (Å²) in [5.41, 5.74) is 1.84. The maximum Gasteiger partial charge on any atom is 0.227 e. The normalized spacial score (nSPS) is 15.9. The standard InChI is InChI=1S/C22H24N4O4/c1-28-18-8-7-15(13-19(18)29-2)17-6-4-12-26(17)21(27)10-9-20-24-22(25-30-20)16-5-3-11-23-14-16/h3,5,7-8,11,13-14,17H,4,6,9-10,12H2,1-2H3/t17-/m0/s1. The van der Waals surface area contributed by atoms with Gasteiger partial charge in [-0.15, -0.1) is 0 Å². The smallest absolute Gasteiger partial charge is 0.227 e. The lowest BCUT2D eigenvalue weighted by molar-refractivity contribution is -0.132. The molecule has 1 aromatic carbocycles. The van der Waals surface area contributed by atoms with Crippen molar-refractivity contribution in [2.24, 2.45) is 0 Å². The monoisotopic (exact) mass is 408 g/mol. The number of hydrogen-bond donors (Lipinski definition) is 0. The van der Waals surface area contributed by atoms with Gasteiger partial charge in [0.1, 0.15) is 0 Å². The summed E-state index contributed by atoms with van der Waals surface area (Å²) in [6.07, 6.45) is 5.98. The van der Waals surface area contributed by atoms with Crippen molar-refractivity contribution in [2.45, 2.75) is 31.7 Å². The van der Waals surface area contributed by atoms with Crippen LogP contribution >= 0.6 is 0 Å². The molecule has 0 bridgehead atoms. The quantitative estimate of drug-likeness (QED) is 0.591. The minimum absolute atomic E-state index is 0.0333. The Morgan fingerprint density at radius 3 is 2.87 bits per heavy atom. The predicted octanol–water partition coefficient (Wildman–Crippen LogP) is 3.45. The van der Waals surface area contributed by atoms with Gasteiger partial charge in [0.15, 0.2) is 11.5 Å². The summed E-state index contributed by atoms with van der Waals surface area (Å²) < 4.78 is 16.0. The molecule has 8 heteroatoms. The number of hydrogen-bond acceptors (Lipinski definition) is 7. The first-order valence-corrected chi connectivity index (χ1v) is 9.94. The van der Waals surface area contributed by atoms with E-state index >= 15 is 0 Å². The third kappa shape index (κ3) is 4.12. The highest BCUT2D eigenvalue weighted by molar-refractivity contribution is 5.77. The van der Waals surface area contributed by atoms with Crippen molar-refractivity contribution in [3.63, 3.8) is 0 Å². The second-order valence-corrected chi connectivity index (χ2v) is 7.11. The number of likely N-dealkylation sites (tertiary alicyclic amines) is 1. The Morgan fingerprint density at radius 2 is 2.10 bits per heavy atom. The van der Waals surface area contributed by atoms with E-state index in [4.69, 9.17) is 14.0 Å². The molecule has 1 amide bonds. The van der Waals surface area contributed by atoms with Crippen LogP contribution in [0.4, 0.5) is 0 Å². The molecule has 1 aliphatic rings. The molecule has 0 aliphatic carbocycles. The summed E-state index contributed by atoms with van der Waals surface area (Å²) >= 11 is 0. The number of carbonyl (C=O) groups is 1. The Hall–Kier alpha value is -3.42. The Labute approximate surface area is 174 Å². The lowest BCUT2D eigenvalue weighted by Crippen LogP contribution is -2.30. The fraction of sp³-hybridized carbons (Fsp3) is 0.364. The van der Waals surface area contributed by atoms with Gasteiger partial charge in [-0.05, 0) is 42.7 Å². The molecule has 0 unspecified atom stereocenters. The van der Waals surface area contributed by atoms with Crippen molar-refractivity contribution in [2.75, 3.05) is 20.8 Å². The zero-order valence-corrected chi connectivity index (χ0v) is 17.1. The number of pyridine rings is 1. The number of carbonyl (C=O) groups excluding carboxylic acids is 1. The molecule has 0 saturated carbocycles. The van der Waals surface area contributed by atoms with Crippen molar-refractivity contribution >= 4 is 5.91 Å². The van der Waals surface area contributed by atoms with Crippen molar-refractivity contribution in [3.8, 4) is 22.9 Å². The van der Waals surface area contributed by atoms with Crippen LogP contribution in [-0.2, 0) is 11.2 Å². The van der Waals surface area contributed by atoms with E-state index in [0.29, 0.717) is 36.1 Å². The van der Waals surface area contributed by atoms with Gasteiger partial charge in [-0.3, -0.25) is 9.78 Å². The predicted molar refractivity (Wildman–Crippen MR) is 109 cm³/mol. The Balaban J connectivity index is 1.41. The van der Waals surface area contributed by atoms with Gasteiger partial charge in [0.2, 0.25) is 17.6 Å². The van der Waals surface area contributed by atoms with E-state index < -0.39 is 0 Å². The Morgan fingerprint density at radius 1 is 1.23 bits per heavy atom. The van der Waals surface area contributed by atoms with E-state index in [0.717, 1.165) is 30.5 Å². The first-order valence-electron chi connectivity index (χ1n) is 9.94. The van der Waals surface area contributed by atoms with Crippen molar-refractivity contribution in [3.05, 3.63) is 54.2 Å². The van der Waals surface area contributed by atoms with E-state index in [2.05, 4.69) is 15.1 Å². The number of aryl methyl sites for hydroxylation is 1. The Bertz CT molecular complexity index is 1010. The maximum atomic E-state index is 12.9. The summed E-state index contributed by atoms with van der Waals surface area (Å²) in [7, 11) is 3.23. The molecule has 8 nitrogen and oxygen atoms in total. The van der Waals surface area contributed by atoms with Gasteiger partial charge >= 0.3 is 0 Å². The van der Waals surface area contributed by atoms with Crippen molar-refractivity contribution in [1.29, 1.82) is 0 Å². The number of aromatic nitrogens is 3. The summed E-state index contributed by atoms with van der Waals surface area (Å²) in [6, 6.07) is 9.55. The molecule has 0 radical (unpaired) electrons. The lowest BCUT2D eigenvalue weighted by atomic mass is 10.0. The fourth-order valence-electron chi connectivity index (χ4n) is 3.80. The summed E-state index contributed by atoms with van der Waals surface area (Å²) in [5.74, 6) is 2.36. The molecular weight excluding hydrogens is 384 g/mol. The average molecular weight is 408 g/mol. The molecule has 0 spiro atoms. The van der Waals surface area contributed by atoms with E-state index in [1.54, 1.807) is 26.6 Å². The minimum atomic E-state index is 0.0333. The number of ether oxygens (including phenoxy) is 2. The van der Waals surface area contributed by atoms with Crippen LogP contribution < -0.4 is 9.47 Å². The Kier molecular flexibility index (Phi) is 5.92. The molecule has 4 rings (SSSR count). The molecule has 0 N–H and O–H groups in total. The van der Waals surface area contributed by atoms with Gasteiger partial charge < -0.3 is 18.9 Å². The third-order valence-electron chi connectivity index (χ3n) is 5.31. The van der Waals surface area contributed by atoms with Gasteiger partial charge in [0, 0.05) is 37.3 Å². The van der Waals surface area contributed by atoms with Gasteiger partial charge in [0.25, 0.3) is 0 Å². The van der Waals surface area contributed by atoms with E-state index in [9.17, 15) is 4.79 Å². The molecule has 156 valence electrons. The summed E-state index contributed by atoms with van der Waals surface area (Å²) in [5, 5.41) is 3.98. The number of methoxy groups -OCH3 is 2. The van der Waals surface area contributed by atoms with Crippen LogP contribution in [0.2, 0.25) is 0 Å². The number of amides is 1. The van der Waals surface area contributed by atoms with Crippen molar-refractivity contribution < 1.29 is 18.8 Å². The largest absolute Gasteiger partial charge is 0.493 e. The SMILES string of the molecule is COc1ccc([C@@H]2CCCN2C(=O)CCc2nc(-c3cccnc3)no2)cc1OC. The van der Waals surface area contributed by atoms with Crippen molar-refractivity contribution in [1.82, 2.24) is 20.0 Å². The number of rotatable bonds is 7. The van der Waals surface area contributed by atoms with Crippen LogP contribution in [0.1, 0.15) is 36.8 Å². The highest BCUT2D eigenvalue weighted by Gasteiger charge is 2.30. The summed E-state index contributed by atoms with van der Waals surface area (Å²) in [6.45, 7) is 0.739. The molecule has 1 atom stereocenters. The second kappa shape index (κ2) is 8.94. The van der Waals surface area contributed by atoms with Gasteiger partial charge in [-0.2, -0.15) is 4.98 Å². The fourth-order valence-corrected chi connectivity index (χ4v) is 3.80. The zero-order valence-electron chi connectivity index (χ0n) is 17.1.